The molecule has 1 heterocycles. The van der Waals surface area contributed by atoms with Gasteiger partial charge in [-0.2, -0.15) is 0 Å². The Hall–Kier alpha value is -3.60. The second kappa shape index (κ2) is 9.34. The van der Waals surface area contributed by atoms with Crippen LogP contribution in [-0.4, -0.2) is 28.4 Å². The van der Waals surface area contributed by atoms with E-state index in [4.69, 9.17) is 14.7 Å². The molecule has 0 aromatic heterocycles. The van der Waals surface area contributed by atoms with E-state index >= 15 is 0 Å². The van der Waals surface area contributed by atoms with Crippen LogP contribution in [0.25, 0.3) is 0 Å². The summed E-state index contributed by atoms with van der Waals surface area (Å²) < 4.78 is 6.68. The predicted molar refractivity (Wildman–Crippen MR) is 135 cm³/mol. The Morgan fingerprint density at radius 2 is 1.56 bits per heavy atom. The second-order valence-corrected chi connectivity index (χ2v) is 9.24. The van der Waals surface area contributed by atoms with Gasteiger partial charge in [-0.25, -0.2) is 4.99 Å². The van der Waals surface area contributed by atoms with Gasteiger partial charge in [0.05, 0.1) is 6.04 Å². The molecule has 5 rings (SSSR count). The standard InChI is InChI=1S/C29H30N2O3/c1-2-20-15-16-29(31-19-22-10-4-7-13-26(22)33)24(17-20)28(23-11-5-8-14-27(23)34-29)30-18-21-9-3-6-12-25(21)32/h3-14,18-20,24,28,32-33H,2,15-17H2,1H3/t20-,24-,28+,29+/m1/s1. The van der Waals surface area contributed by atoms with Gasteiger partial charge in [0.25, 0.3) is 0 Å². The molecule has 0 bridgehead atoms. The lowest BCUT2D eigenvalue weighted by Gasteiger charge is -2.49. The van der Waals surface area contributed by atoms with Crippen LogP contribution >= 0.6 is 0 Å². The third kappa shape index (κ3) is 4.18. The number of fused-ring (bicyclic) bond motifs is 2. The van der Waals surface area contributed by atoms with Gasteiger partial charge in [0, 0.05) is 41.5 Å². The summed E-state index contributed by atoms with van der Waals surface area (Å²) in [5, 5.41) is 20.6. The van der Waals surface area contributed by atoms with Crippen molar-refractivity contribution in [3.8, 4) is 17.2 Å². The Morgan fingerprint density at radius 1 is 0.912 bits per heavy atom. The largest absolute Gasteiger partial charge is 0.507 e. The van der Waals surface area contributed by atoms with Crippen LogP contribution in [0.5, 0.6) is 17.2 Å². The molecule has 1 saturated carbocycles. The maximum Gasteiger partial charge on any atom is 0.205 e. The van der Waals surface area contributed by atoms with Crippen LogP contribution in [0.4, 0.5) is 0 Å². The lowest BCUT2D eigenvalue weighted by atomic mass is 9.68. The summed E-state index contributed by atoms with van der Waals surface area (Å²) in [6.45, 7) is 2.24. The third-order valence-electron chi connectivity index (χ3n) is 7.23. The van der Waals surface area contributed by atoms with Crippen molar-refractivity contribution < 1.29 is 14.9 Å². The lowest BCUT2D eigenvalue weighted by molar-refractivity contribution is -0.0575. The van der Waals surface area contributed by atoms with E-state index in [1.165, 1.54) is 0 Å². The smallest absolute Gasteiger partial charge is 0.205 e. The van der Waals surface area contributed by atoms with Crippen molar-refractivity contribution in [2.45, 2.75) is 44.4 Å². The highest BCUT2D eigenvalue weighted by molar-refractivity contribution is 5.84. The number of benzene rings is 3. The van der Waals surface area contributed by atoms with Crippen LogP contribution < -0.4 is 4.74 Å². The molecule has 3 aromatic rings. The van der Waals surface area contributed by atoms with E-state index in [1.54, 1.807) is 30.6 Å². The van der Waals surface area contributed by atoms with E-state index in [-0.39, 0.29) is 23.5 Å². The van der Waals surface area contributed by atoms with Gasteiger partial charge in [0.15, 0.2) is 0 Å². The van der Waals surface area contributed by atoms with Crippen molar-refractivity contribution in [2.75, 3.05) is 0 Å². The van der Waals surface area contributed by atoms with E-state index in [2.05, 4.69) is 13.0 Å². The van der Waals surface area contributed by atoms with Gasteiger partial charge in [-0.3, -0.25) is 4.99 Å². The van der Waals surface area contributed by atoms with Crippen molar-refractivity contribution in [2.24, 2.45) is 21.8 Å². The summed E-state index contributed by atoms with van der Waals surface area (Å²) in [4.78, 5) is 10.1. The number of aromatic hydroxyl groups is 2. The predicted octanol–water partition coefficient (Wildman–Crippen LogP) is 6.29. The molecule has 0 unspecified atom stereocenters. The fourth-order valence-corrected chi connectivity index (χ4v) is 5.26. The summed E-state index contributed by atoms with van der Waals surface area (Å²) in [6, 6.07) is 22.4. The molecule has 174 valence electrons. The van der Waals surface area contributed by atoms with E-state index in [1.807, 2.05) is 48.5 Å². The van der Waals surface area contributed by atoms with Crippen molar-refractivity contribution >= 4 is 12.4 Å². The zero-order valence-electron chi connectivity index (χ0n) is 19.3. The van der Waals surface area contributed by atoms with Gasteiger partial charge in [0.2, 0.25) is 5.72 Å². The molecule has 1 aliphatic carbocycles. The van der Waals surface area contributed by atoms with Crippen molar-refractivity contribution in [1.82, 2.24) is 0 Å². The third-order valence-corrected chi connectivity index (χ3v) is 7.23. The number of hydrogen-bond acceptors (Lipinski definition) is 5. The Balaban J connectivity index is 1.60. The van der Waals surface area contributed by atoms with Gasteiger partial charge >= 0.3 is 0 Å². The molecular formula is C29H30N2O3. The monoisotopic (exact) mass is 454 g/mol. The summed E-state index contributed by atoms with van der Waals surface area (Å²) in [7, 11) is 0. The highest BCUT2D eigenvalue weighted by Gasteiger charge is 2.52. The van der Waals surface area contributed by atoms with Gasteiger partial charge in [-0.15, -0.1) is 0 Å². The minimum atomic E-state index is -0.761. The second-order valence-electron chi connectivity index (χ2n) is 9.24. The zero-order chi connectivity index (χ0) is 23.5. The molecule has 5 nitrogen and oxygen atoms in total. The zero-order valence-corrected chi connectivity index (χ0v) is 19.3. The summed E-state index contributed by atoms with van der Waals surface area (Å²) in [5.74, 6) is 1.82. The molecule has 2 aliphatic rings. The molecule has 3 aromatic carbocycles. The Kier molecular flexibility index (Phi) is 6.10. The molecule has 0 amide bonds. The fraction of sp³-hybridized carbons (Fsp3) is 0.310. The van der Waals surface area contributed by atoms with Crippen molar-refractivity contribution in [1.29, 1.82) is 0 Å². The van der Waals surface area contributed by atoms with E-state index in [0.29, 0.717) is 17.0 Å². The first-order valence-electron chi connectivity index (χ1n) is 12.0. The average molecular weight is 455 g/mol. The number of ether oxygens (including phenoxy) is 1. The number of para-hydroxylation sites is 3. The Bertz CT molecular complexity index is 1220. The van der Waals surface area contributed by atoms with Crippen LogP contribution in [0.3, 0.4) is 0 Å². The highest BCUT2D eigenvalue weighted by atomic mass is 16.5. The lowest BCUT2D eigenvalue weighted by Crippen LogP contribution is -2.51. The maximum atomic E-state index is 10.3. The normalized spacial score (nSPS) is 26.2. The first-order chi connectivity index (χ1) is 16.6. The first-order valence-corrected chi connectivity index (χ1v) is 12.0. The van der Waals surface area contributed by atoms with Crippen molar-refractivity contribution in [3.05, 3.63) is 89.5 Å². The summed E-state index contributed by atoms with van der Waals surface area (Å²) >= 11 is 0. The van der Waals surface area contributed by atoms with Crippen LogP contribution in [0, 0.1) is 11.8 Å². The molecule has 0 radical (unpaired) electrons. The van der Waals surface area contributed by atoms with Crippen LogP contribution in [-0.2, 0) is 0 Å². The average Bonchev–Trinajstić information content (AvgIpc) is 2.86. The molecule has 0 spiro atoms. The SMILES string of the molecule is CC[C@@H]1CC[C@]2(N=Cc3ccccc3O)Oc3ccccc3[C@H](N=Cc3ccccc3O)[C@H]2C1. The highest BCUT2D eigenvalue weighted by Crippen LogP contribution is 2.54. The fourth-order valence-electron chi connectivity index (χ4n) is 5.26. The van der Waals surface area contributed by atoms with E-state index in [9.17, 15) is 10.2 Å². The number of phenolic OH excluding ortho intramolecular Hbond substituents is 2. The van der Waals surface area contributed by atoms with Crippen molar-refractivity contribution in [3.63, 3.8) is 0 Å². The van der Waals surface area contributed by atoms with Gasteiger partial charge in [-0.05, 0) is 49.1 Å². The molecule has 2 N–H and O–H groups in total. The van der Waals surface area contributed by atoms with E-state index in [0.717, 1.165) is 37.0 Å². The summed E-state index contributed by atoms with van der Waals surface area (Å²) in [6.07, 6.45) is 7.39. The van der Waals surface area contributed by atoms with Gasteiger partial charge in [-0.1, -0.05) is 55.8 Å². The molecule has 5 heteroatoms. The number of nitrogens with zero attached hydrogens (tertiary/aromatic N) is 2. The molecule has 4 atom stereocenters. The molecule has 34 heavy (non-hydrogen) atoms. The quantitative estimate of drug-likeness (QED) is 0.445. The maximum absolute atomic E-state index is 10.3. The summed E-state index contributed by atoms with van der Waals surface area (Å²) in [5.41, 5.74) is 1.65. The minimum absolute atomic E-state index is 0.0327. The molecule has 1 fully saturated rings. The molecular weight excluding hydrogens is 424 g/mol. The number of hydrogen-bond donors (Lipinski definition) is 2. The number of phenols is 2. The van der Waals surface area contributed by atoms with Crippen LogP contribution in [0.1, 0.15) is 55.3 Å². The Labute approximate surface area is 200 Å². The minimum Gasteiger partial charge on any atom is -0.507 e. The topological polar surface area (TPSA) is 74.4 Å². The Morgan fingerprint density at radius 3 is 2.26 bits per heavy atom. The first kappa shape index (κ1) is 22.2. The van der Waals surface area contributed by atoms with Crippen LogP contribution in [0.2, 0.25) is 0 Å². The molecule has 0 saturated heterocycles. The van der Waals surface area contributed by atoms with Gasteiger partial charge in [0.1, 0.15) is 17.2 Å². The number of aliphatic imine (C=N–C) groups is 2. The van der Waals surface area contributed by atoms with Gasteiger partial charge < -0.3 is 14.9 Å². The van der Waals surface area contributed by atoms with Crippen LogP contribution in [0.15, 0.2) is 82.8 Å². The van der Waals surface area contributed by atoms with E-state index < -0.39 is 5.72 Å². The molecule has 1 aliphatic heterocycles. The number of rotatable bonds is 5.